The molecule has 0 radical (unpaired) electrons. The molecule has 2 aromatic carbocycles. The summed E-state index contributed by atoms with van der Waals surface area (Å²) in [5.41, 5.74) is 1.15. The summed E-state index contributed by atoms with van der Waals surface area (Å²) in [6, 6.07) is 12.1. The fraction of sp³-hybridized carbons (Fsp3) is 0.286. The summed E-state index contributed by atoms with van der Waals surface area (Å²) in [5, 5.41) is 12.3. The van der Waals surface area contributed by atoms with Crippen molar-refractivity contribution in [3.8, 4) is 11.4 Å². The van der Waals surface area contributed by atoms with Gasteiger partial charge in [-0.1, -0.05) is 23.4 Å². The Kier molecular flexibility index (Phi) is 7.88. The van der Waals surface area contributed by atoms with Gasteiger partial charge in [-0.2, -0.15) is 0 Å². The monoisotopic (exact) mass is 499 g/mol. The molecule has 0 aliphatic rings. The van der Waals surface area contributed by atoms with Gasteiger partial charge >= 0.3 is 6.36 Å². The predicted molar refractivity (Wildman–Crippen MR) is 121 cm³/mol. The Morgan fingerprint density at radius 1 is 1.15 bits per heavy atom. The number of carbonyl (C=O) groups excluding carboxylic acids is 1. The van der Waals surface area contributed by atoms with Gasteiger partial charge in [0.25, 0.3) is 0 Å². The van der Waals surface area contributed by atoms with Crippen molar-refractivity contribution in [2.75, 3.05) is 25.2 Å². The van der Waals surface area contributed by atoms with Gasteiger partial charge in [0.05, 0.1) is 11.8 Å². The Bertz CT molecular complexity index is 1090. The lowest BCUT2D eigenvalue weighted by Gasteiger charge is -2.20. The summed E-state index contributed by atoms with van der Waals surface area (Å²) in [6.45, 7) is 1.99. The molecule has 176 valence electrons. The van der Waals surface area contributed by atoms with E-state index >= 15 is 0 Å². The fourth-order valence-electron chi connectivity index (χ4n) is 2.78. The second kappa shape index (κ2) is 10.4. The standard InChI is InChI=1S/C21H21ClF3N5O2S/c1-13(29(2)3)19-27-28-20(30(19)16-8-4-14(22)5-9-16)33-12-18(31)26-15-6-10-17(11-7-15)32-21(23,24)25/h4-11,13H,12H2,1-3H3,(H,26,31)/t13-/m0/s1. The number of thioether (sulfide) groups is 1. The average molecular weight is 500 g/mol. The molecule has 0 fully saturated rings. The van der Waals surface area contributed by atoms with Gasteiger partial charge in [-0.05, 0) is 69.6 Å². The molecule has 0 unspecified atom stereocenters. The Labute approximate surface area is 197 Å². The summed E-state index contributed by atoms with van der Waals surface area (Å²) in [7, 11) is 3.85. The second-order valence-corrected chi connectivity index (χ2v) is 8.58. The lowest BCUT2D eigenvalue weighted by atomic mass is 10.2. The van der Waals surface area contributed by atoms with Crippen molar-refractivity contribution in [2.24, 2.45) is 0 Å². The molecule has 0 saturated carbocycles. The van der Waals surface area contributed by atoms with E-state index in [1.54, 1.807) is 12.1 Å². The average Bonchev–Trinajstić information content (AvgIpc) is 3.16. The minimum absolute atomic E-state index is 0.0167. The van der Waals surface area contributed by atoms with Gasteiger partial charge in [0.2, 0.25) is 5.91 Å². The highest BCUT2D eigenvalue weighted by Crippen LogP contribution is 2.28. The Morgan fingerprint density at radius 3 is 2.36 bits per heavy atom. The number of ether oxygens (including phenoxy) is 1. The Balaban J connectivity index is 1.71. The molecule has 3 aromatic rings. The summed E-state index contributed by atoms with van der Waals surface area (Å²) in [5.74, 6) is -0.000560. The number of halogens is 4. The number of carbonyl (C=O) groups is 1. The molecule has 0 saturated heterocycles. The van der Waals surface area contributed by atoms with Gasteiger partial charge in [-0.25, -0.2) is 0 Å². The Morgan fingerprint density at radius 2 is 1.79 bits per heavy atom. The molecule has 1 amide bonds. The van der Waals surface area contributed by atoms with Crippen LogP contribution in [0.2, 0.25) is 5.02 Å². The zero-order valence-corrected chi connectivity index (χ0v) is 19.5. The van der Waals surface area contributed by atoms with Gasteiger partial charge in [0.1, 0.15) is 5.75 Å². The van der Waals surface area contributed by atoms with Crippen LogP contribution in [-0.2, 0) is 4.79 Å². The van der Waals surface area contributed by atoms with E-state index in [4.69, 9.17) is 11.6 Å². The predicted octanol–water partition coefficient (Wildman–Crippen LogP) is 5.17. The third kappa shape index (κ3) is 6.86. The normalized spacial score (nSPS) is 12.6. The van der Waals surface area contributed by atoms with E-state index in [0.717, 1.165) is 17.8 Å². The number of alkyl halides is 3. The van der Waals surface area contributed by atoms with E-state index in [0.29, 0.717) is 21.7 Å². The van der Waals surface area contributed by atoms with Crippen LogP contribution in [-0.4, -0.2) is 51.8 Å². The van der Waals surface area contributed by atoms with Crippen molar-refractivity contribution >= 4 is 35.0 Å². The highest BCUT2D eigenvalue weighted by molar-refractivity contribution is 7.99. The summed E-state index contributed by atoms with van der Waals surface area (Å²) in [6.07, 6.45) is -4.77. The minimum Gasteiger partial charge on any atom is -0.406 e. The van der Waals surface area contributed by atoms with E-state index in [1.165, 1.54) is 23.9 Å². The molecule has 0 bridgehead atoms. The summed E-state index contributed by atoms with van der Waals surface area (Å²) in [4.78, 5) is 14.4. The van der Waals surface area contributed by atoms with E-state index in [-0.39, 0.29) is 23.5 Å². The van der Waals surface area contributed by atoms with E-state index < -0.39 is 6.36 Å². The zero-order chi connectivity index (χ0) is 24.2. The third-order valence-electron chi connectivity index (χ3n) is 4.60. The highest BCUT2D eigenvalue weighted by atomic mass is 35.5. The Hall–Kier alpha value is -2.76. The first kappa shape index (κ1) is 24.9. The van der Waals surface area contributed by atoms with E-state index in [1.807, 2.05) is 42.6 Å². The molecule has 0 aliphatic carbocycles. The van der Waals surface area contributed by atoms with Gasteiger partial charge < -0.3 is 10.1 Å². The van der Waals surface area contributed by atoms with Crippen molar-refractivity contribution in [3.63, 3.8) is 0 Å². The maximum Gasteiger partial charge on any atom is 0.573 e. The lowest BCUT2D eigenvalue weighted by Crippen LogP contribution is -2.21. The number of aromatic nitrogens is 3. The highest BCUT2D eigenvalue weighted by Gasteiger charge is 2.31. The molecule has 1 N–H and O–H groups in total. The van der Waals surface area contributed by atoms with Crippen LogP contribution >= 0.6 is 23.4 Å². The number of nitrogens with one attached hydrogen (secondary N) is 1. The van der Waals surface area contributed by atoms with E-state index in [2.05, 4.69) is 20.3 Å². The fourth-order valence-corrected chi connectivity index (χ4v) is 3.66. The van der Waals surface area contributed by atoms with E-state index in [9.17, 15) is 18.0 Å². The van der Waals surface area contributed by atoms with Crippen LogP contribution < -0.4 is 10.1 Å². The smallest absolute Gasteiger partial charge is 0.406 e. The van der Waals surface area contributed by atoms with Crippen molar-refractivity contribution in [1.29, 1.82) is 0 Å². The van der Waals surface area contributed by atoms with Gasteiger partial charge in [0, 0.05) is 16.4 Å². The number of amides is 1. The third-order valence-corrected chi connectivity index (χ3v) is 5.78. The molecular formula is C21H21ClF3N5O2S. The molecule has 12 heteroatoms. The van der Waals surface area contributed by atoms with Crippen LogP contribution in [0.3, 0.4) is 0 Å². The van der Waals surface area contributed by atoms with Gasteiger partial charge in [-0.3, -0.25) is 14.3 Å². The number of benzene rings is 2. The quantitative estimate of drug-likeness (QED) is 0.431. The molecule has 3 rings (SSSR count). The molecule has 1 atom stereocenters. The van der Waals surface area contributed by atoms with Crippen LogP contribution in [0.5, 0.6) is 5.75 Å². The molecular weight excluding hydrogens is 479 g/mol. The lowest BCUT2D eigenvalue weighted by molar-refractivity contribution is -0.274. The van der Waals surface area contributed by atoms with Crippen LogP contribution in [0.1, 0.15) is 18.8 Å². The number of nitrogens with zero attached hydrogens (tertiary/aromatic N) is 4. The largest absolute Gasteiger partial charge is 0.573 e. The van der Waals surface area contributed by atoms with Crippen LogP contribution in [0, 0.1) is 0 Å². The van der Waals surface area contributed by atoms with Crippen molar-refractivity contribution in [3.05, 3.63) is 59.4 Å². The van der Waals surface area contributed by atoms with Crippen molar-refractivity contribution in [2.45, 2.75) is 24.5 Å². The molecule has 0 aliphatic heterocycles. The molecule has 1 heterocycles. The first-order chi connectivity index (χ1) is 15.5. The molecule has 33 heavy (non-hydrogen) atoms. The van der Waals surface area contributed by atoms with Crippen LogP contribution in [0.25, 0.3) is 5.69 Å². The van der Waals surface area contributed by atoms with Crippen LogP contribution in [0.4, 0.5) is 18.9 Å². The zero-order valence-electron chi connectivity index (χ0n) is 17.9. The van der Waals surface area contributed by atoms with Crippen LogP contribution in [0.15, 0.2) is 53.7 Å². The molecule has 0 spiro atoms. The van der Waals surface area contributed by atoms with Crippen molar-refractivity contribution < 1.29 is 22.7 Å². The maximum absolute atomic E-state index is 12.4. The first-order valence-electron chi connectivity index (χ1n) is 9.69. The number of anilines is 1. The van der Waals surface area contributed by atoms with Gasteiger partial charge in [0.15, 0.2) is 11.0 Å². The SMILES string of the molecule is C[C@@H](c1nnc(SCC(=O)Nc2ccc(OC(F)(F)F)cc2)n1-c1ccc(Cl)cc1)N(C)C. The number of hydrogen-bond acceptors (Lipinski definition) is 6. The molecule has 7 nitrogen and oxygen atoms in total. The molecule has 1 aromatic heterocycles. The topological polar surface area (TPSA) is 72.3 Å². The summed E-state index contributed by atoms with van der Waals surface area (Å²) >= 11 is 7.20. The summed E-state index contributed by atoms with van der Waals surface area (Å²) < 4.78 is 42.5. The number of rotatable bonds is 8. The maximum atomic E-state index is 12.4. The second-order valence-electron chi connectivity index (χ2n) is 7.20. The number of hydrogen-bond donors (Lipinski definition) is 1. The van der Waals surface area contributed by atoms with Crippen molar-refractivity contribution in [1.82, 2.24) is 19.7 Å². The first-order valence-corrected chi connectivity index (χ1v) is 11.1. The minimum atomic E-state index is -4.77. The van der Waals surface area contributed by atoms with Gasteiger partial charge in [-0.15, -0.1) is 23.4 Å².